The van der Waals surface area contributed by atoms with Crippen molar-refractivity contribution in [1.82, 2.24) is 9.97 Å². The average Bonchev–Trinajstić information content (AvgIpc) is 2.82. The monoisotopic (exact) mass is 461 g/mol. The van der Waals surface area contributed by atoms with E-state index in [0.29, 0.717) is 22.4 Å². The highest BCUT2D eigenvalue weighted by atomic mass is 35.5. The van der Waals surface area contributed by atoms with Gasteiger partial charge in [0.05, 0.1) is 15.7 Å². The van der Waals surface area contributed by atoms with Gasteiger partial charge >= 0.3 is 0 Å². The summed E-state index contributed by atoms with van der Waals surface area (Å²) in [6, 6.07) is 22.1. The molecule has 0 amide bonds. The number of nitrogens with one attached hydrogen (secondary N) is 1. The second-order valence-electron chi connectivity index (χ2n) is 7.88. The number of aromatic nitrogens is 2. The minimum atomic E-state index is 0.142. The summed E-state index contributed by atoms with van der Waals surface area (Å²) in [7, 11) is 0. The highest BCUT2D eigenvalue weighted by Crippen LogP contribution is 2.42. The largest absolute Gasteiger partial charge is 0.396 e. The van der Waals surface area contributed by atoms with Crippen molar-refractivity contribution in [3.8, 4) is 11.3 Å². The van der Waals surface area contributed by atoms with Gasteiger partial charge in [-0.1, -0.05) is 65.7 Å². The molecule has 2 N–H and O–H groups in total. The maximum atomic E-state index is 9.09. The van der Waals surface area contributed by atoms with Gasteiger partial charge in [0.2, 0.25) is 5.95 Å². The first-order valence-electron chi connectivity index (χ1n) is 10.5. The van der Waals surface area contributed by atoms with E-state index in [2.05, 4.69) is 28.5 Å². The van der Waals surface area contributed by atoms with Gasteiger partial charge in [0.25, 0.3) is 0 Å². The lowest BCUT2D eigenvalue weighted by Crippen LogP contribution is -2.15. The Morgan fingerprint density at radius 3 is 2.56 bits per heavy atom. The number of fused-ring (bicyclic) bond motifs is 3. The van der Waals surface area contributed by atoms with E-state index in [1.807, 2.05) is 54.7 Å². The zero-order chi connectivity index (χ0) is 22.1. The van der Waals surface area contributed by atoms with Crippen molar-refractivity contribution in [2.45, 2.75) is 18.8 Å². The molecule has 32 heavy (non-hydrogen) atoms. The Bertz CT molecular complexity index is 1270. The zero-order valence-corrected chi connectivity index (χ0v) is 18.7. The van der Waals surface area contributed by atoms with Gasteiger partial charge in [0.1, 0.15) is 0 Å². The van der Waals surface area contributed by atoms with E-state index < -0.39 is 0 Å². The molecule has 0 saturated heterocycles. The van der Waals surface area contributed by atoms with Crippen LogP contribution in [0.3, 0.4) is 0 Å². The fourth-order valence-corrected chi connectivity index (χ4v) is 4.54. The van der Waals surface area contributed by atoms with E-state index in [-0.39, 0.29) is 12.5 Å². The van der Waals surface area contributed by atoms with Crippen LogP contribution in [0.15, 0.2) is 72.9 Å². The average molecular weight is 462 g/mol. The van der Waals surface area contributed by atoms with E-state index in [1.165, 1.54) is 5.56 Å². The second kappa shape index (κ2) is 8.91. The molecule has 0 radical (unpaired) electrons. The van der Waals surface area contributed by atoms with Crippen molar-refractivity contribution < 1.29 is 5.11 Å². The third-order valence-electron chi connectivity index (χ3n) is 5.84. The van der Waals surface area contributed by atoms with Crippen LogP contribution in [0.1, 0.15) is 28.2 Å². The number of rotatable bonds is 5. The lowest BCUT2D eigenvalue weighted by atomic mass is 9.78. The molecule has 1 aliphatic rings. The summed E-state index contributed by atoms with van der Waals surface area (Å²) in [4.78, 5) is 9.43. The normalized spacial score (nSPS) is 14.5. The minimum Gasteiger partial charge on any atom is -0.396 e. The standard InChI is InChI=1S/C26H21Cl2N3O/c27-23-10-7-17(14-24(23)28)22-13-18-15-29-26(30-19-8-5-16(6-9-19)11-12-32)31-25(18)21-4-2-1-3-20(21)22/h1-10,14-15,22,32H,11-13H2,(H,29,30,31)/t22-/m0/s1. The van der Waals surface area contributed by atoms with Crippen LogP contribution in [0.2, 0.25) is 10.0 Å². The number of halogens is 2. The van der Waals surface area contributed by atoms with Gasteiger partial charge in [0, 0.05) is 30.0 Å². The van der Waals surface area contributed by atoms with Gasteiger partial charge in [-0.3, -0.25) is 0 Å². The van der Waals surface area contributed by atoms with E-state index >= 15 is 0 Å². The number of hydrogen-bond donors (Lipinski definition) is 2. The summed E-state index contributed by atoms with van der Waals surface area (Å²) in [5, 5.41) is 13.5. The van der Waals surface area contributed by atoms with Crippen LogP contribution >= 0.6 is 23.2 Å². The van der Waals surface area contributed by atoms with Crippen LogP contribution in [0.4, 0.5) is 11.6 Å². The Kier molecular flexibility index (Phi) is 5.83. The Morgan fingerprint density at radius 1 is 0.969 bits per heavy atom. The highest BCUT2D eigenvalue weighted by Gasteiger charge is 2.27. The van der Waals surface area contributed by atoms with E-state index in [0.717, 1.165) is 40.1 Å². The lowest BCUT2D eigenvalue weighted by molar-refractivity contribution is 0.299. The van der Waals surface area contributed by atoms with E-state index in [4.69, 9.17) is 33.3 Å². The van der Waals surface area contributed by atoms with E-state index in [1.54, 1.807) is 0 Å². The molecular formula is C26H21Cl2N3O. The summed E-state index contributed by atoms with van der Waals surface area (Å²) < 4.78 is 0. The van der Waals surface area contributed by atoms with Gasteiger partial charge in [-0.15, -0.1) is 0 Å². The number of hydrogen-bond acceptors (Lipinski definition) is 4. The Hall–Kier alpha value is -2.92. The molecule has 0 fully saturated rings. The predicted octanol–water partition coefficient (Wildman–Crippen LogP) is 6.42. The molecule has 1 atom stereocenters. The van der Waals surface area contributed by atoms with Gasteiger partial charge < -0.3 is 10.4 Å². The zero-order valence-electron chi connectivity index (χ0n) is 17.2. The number of nitrogens with zero attached hydrogens (tertiary/aromatic N) is 2. The number of aliphatic hydroxyl groups excluding tert-OH is 1. The third-order valence-corrected chi connectivity index (χ3v) is 6.58. The summed E-state index contributed by atoms with van der Waals surface area (Å²) in [5.74, 6) is 0.719. The highest BCUT2D eigenvalue weighted by molar-refractivity contribution is 6.42. The van der Waals surface area contributed by atoms with Gasteiger partial charge in [0.15, 0.2) is 0 Å². The van der Waals surface area contributed by atoms with Crippen molar-refractivity contribution in [1.29, 1.82) is 0 Å². The van der Waals surface area contributed by atoms with Crippen LogP contribution < -0.4 is 5.32 Å². The van der Waals surface area contributed by atoms with Crippen LogP contribution in [-0.2, 0) is 12.8 Å². The van der Waals surface area contributed by atoms with Crippen LogP contribution in [0.5, 0.6) is 0 Å². The van der Waals surface area contributed by atoms with Crippen molar-refractivity contribution in [2.75, 3.05) is 11.9 Å². The lowest BCUT2D eigenvalue weighted by Gasteiger charge is -2.27. The topological polar surface area (TPSA) is 58.0 Å². The van der Waals surface area contributed by atoms with Gasteiger partial charge in [-0.05, 0) is 59.4 Å². The molecule has 0 saturated carbocycles. The molecule has 4 nitrogen and oxygen atoms in total. The fourth-order valence-electron chi connectivity index (χ4n) is 4.24. The first-order valence-corrected chi connectivity index (χ1v) is 11.2. The van der Waals surface area contributed by atoms with Crippen molar-refractivity contribution in [2.24, 2.45) is 0 Å². The van der Waals surface area contributed by atoms with Crippen molar-refractivity contribution in [3.63, 3.8) is 0 Å². The quantitative estimate of drug-likeness (QED) is 0.360. The molecular weight excluding hydrogens is 441 g/mol. The summed E-state index contributed by atoms with van der Waals surface area (Å²) in [6.45, 7) is 0.142. The maximum absolute atomic E-state index is 9.09. The molecule has 4 aromatic rings. The van der Waals surface area contributed by atoms with Crippen LogP contribution in [0.25, 0.3) is 11.3 Å². The molecule has 1 aromatic heterocycles. The van der Waals surface area contributed by atoms with Crippen molar-refractivity contribution >= 4 is 34.8 Å². The molecule has 0 bridgehead atoms. The second-order valence-corrected chi connectivity index (χ2v) is 8.69. The number of benzene rings is 3. The third kappa shape index (κ3) is 4.09. The first-order chi connectivity index (χ1) is 15.6. The SMILES string of the molecule is OCCc1ccc(Nc2ncc3c(n2)-c2ccccc2[C@H](c2ccc(Cl)c(Cl)c2)C3)cc1. The summed E-state index contributed by atoms with van der Waals surface area (Å²) >= 11 is 12.4. The Morgan fingerprint density at radius 2 is 1.78 bits per heavy atom. The fraction of sp³-hybridized carbons (Fsp3) is 0.154. The summed E-state index contributed by atoms with van der Waals surface area (Å²) in [5.41, 5.74) is 7.50. The maximum Gasteiger partial charge on any atom is 0.227 e. The molecule has 5 rings (SSSR count). The smallest absolute Gasteiger partial charge is 0.227 e. The molecule has 0 aliphatic heterocycles. The molecule has 6 heteroatoms. The molecule has 3 aromatic carbocycles. The Balaban J connectivity index is 1.48. The van der Waals surface area contributed by atoms with Gasteiger partial charge in [-0.25, -0.2) is 9.97 Å². The van der Waals surface area contributed by atoms with Crippen LogP contribution in [0, 0.1) is 0 Å². The predicted molar refractivity (Wildman–Crippen MR) is 130 cm³/mol. The van der Waals surface area contributed by atoms with Crippen molar-refractivity contribution in [3.05, 3.63) is 105 Å². The molecule has 1 heterocycles. The van der Waals surface area contributed by atoms with Gasteiger partial charge in [-0.2, -0.15) is 0 Å². The molecule has 1 aliphatic carbocycles. The minimum absolute atomic E-state index is 0.142. The first kappa shape index (κ1) is 21.0. The molecule has 0 spiro atoms. The van der Waals surface area contributed by atoms with E-state index in [9.17, 15) is 0 Å². The Labute approximate surface area is 196 Å². The van der Waals surface area contributed by atoms with Crippen LogP contribution in [-0.4, -0.2) is 21.7 Å². The molecule has 160 valence electrons. The summed E-state index contributed by atoms with van der Waals surface area (Å²) in [6.07, 6.45) is 3.35. The number of aliphatic hydroxyl groups is 1. The number of anilines is 2. The molecule has 0 unspecified atom stereocenters.